The Morgan fingerprint density at radius 2 is 1.92 bits per heavy atom. The van der Waals surface area contributed by atoms with E-state index in [2.05, 4.69) is 0 Å². The van der Waals surface area contributed by atoms with Crippen molar-refractivity contribution in [1.82, 2.24) is 0 Å². The Hall–Kier alpha value is -0.600. The minimum Gasteiger partial charge on any atom is -0.482 e. The zero-order chi connectivity index (χ0) is 8.81. The molecular weight excluding hydrogens is 204 g/mol. The van der Waals surface area contributed by atoms with Crippen LogP contribution in [0.4, 0.5) is 0 Å². The molecule has 0 aliphatic carbocycles. The highest BCUT2D eigenvalue weighted by molar-refractivity contribution is 7.80. The van der Waals surface area contributed by atoms with Crippen LogP contribution in [-0.2, 0) is 11.3 Å². The third-order valence-corrected chi connectivity index (χ3v) is 1.94. The van der Waals surface area contributed by atoms with Crippen molar-refractivity contribution in [3.63, 3.8) is 0 Å². The van der Waals surface area contributed by atoms with Gasteiger partial charge in [-0.05, 0) is 17.8 Å². The van der Waals surface area contributed by atoms with Gasteiger partial charge in [-0.25, -0.2) is 0 Å². The molecule has 1 rings (SSSR count). The Balaban J connectivity index is 0.00000144. The molecule has 0 atom stereocenters. The van der Waals surface area contributed by atoms with Gasteiger partial charge < -0.3 is 4.74 Å². The topological polar surface area (TPSA) is 9.23 Å². The summed E-state index contributed by atoms with van der Waals surface area (Å²) in [5.74, 6) is 0. The Kier molecular flexibility index (Phi) is 6.55. The lowest BCUT2D eigenvalue weighted by Crippen LogP contribution is -1.99. The normalized spacial score (nSPS) is 8.69. The van der Waals surface area contributed by atoms with Crippen molar-refractivity contribution >= 4 is 29.7 Å². The van der Waals surface area contributed by atoms with E-state index >= 15 is 0 Å². The second-order valence-corrected chi connectivity index (χ2v) is 2.96. The third kappa shape index (κ3) is 4.86. The van der Waals surface area contributed by atoms with E-state index in [1.165, 1.54) is 0 Å². The first-order valence-electron chi connectivity index (χ1n) is 4.02. The zero-order valence-electron chi connectivity index (χ0n) is 7.53. The molecule has 0 aromatic heterocycles. The molecule has 0 saturated carbocycles. The van der Waals surface area contributed by atoms with Gasteiger partial charge >= 0.3 is 0 Å². The summed E-state index contributed by atoms with van der Waals surface area (Å²) in [6, 6.07) is 10.0. The summed E-state index contributed by atoms with van der Waals surface area (Å²) in [6.45, 7) is 2.58. The van der Waals surface area contributed by atoms with Crippen LogP contribution in [0.15, 0.2) is 30.3 Å². The van der Waals surface area contributed by atoms with Crippen LogP contribution in [0.3, 0.4) is 0 Å². The fourth-order valence-corrected chi connectivity index (χ4v) is 0.899. The standard InChI is InChI=1S/C10H12OS.ClH/c1-2-10(12)11-8-9-6-4-3-5-7-9;/h3-7H,2,8H2,1H3;1H. The van der Waals surface area contributed by atoms with Crippen molar-refractivity contribution in [2.75, 3.05) is 0 Å². The van der Waals surface area contributed by atoms with Gasteiger partial charge in [0, 0.05) is 6.42 Å². The fraction of sp³-hybridized carbons (Fsp3) is 0.300. The molecule has 0 saturated heterocycles. The molecule has 0 aliphatic heterocycles. The molecule has 0 N–H and O–H groups in total. The van der Waals surface area contributed by atoms with Crippen LogP contribution >= 0.6 is 24.6 Å². The lowest BCUT2D eigenvalue weighted by Gasteiger charge is -2.04. The Labute approximate surface area is 90.5 Å². The molecule has 0 radical (unpaired) electrons. The molecule has 0 heterocycles. The summed E-state index contributed by atoms with van der Waals surface area (Å²) in [5, 5.41) is 0.679. The van der Waals surface area contributed by atoms with Gasteiger partial charge in [-0.1, -0.05) is 37.3 Å². The summed E-state index contributed by atoms with van der Waals surface area (Å²) in [6.07, 6.45) is 0.808. The molecule has 13 heavy (non-hydrogen) atoms. The second kappa shape index (κ2) is 6.87. The van der Waals surface area contributed by atoms with Crippen molar-refractivity contribution in [2.45, 2.75) is 20.0 Å². The van der Waals surface area contributed by atoms with Gasteiger partial charge in [0.15, 0.2) is 5.05 Å². The average molecular weight is 217 g/mol. The van der Waals surface area contributed by atoms with Crippen molar-refractivity contribution in [3.05, 3.63) is 35.9 Å². The maximum atomic E-state index is 5.31. The van der Waals surface area contributed by atoms with Gasteiger partial charge in [0.05, 0.1) is 0 Å². The van der Waals surface area contributed by atoms with Crippen LogP contribution in [-0.4, -0.2) is 5.05 Å². The quantitative estimate of drug-likeness (QED) is 0.717. The summed E-state index contributed by atoms with van der Waals surface area (Å²) >= 11 is 4.93. The van der Waals surface area contributed by atoms with Crippen LogP contribution in [0.2, 0.25) is 0 Å². The maximum absolute atomic E-state index is 5.31. The minimum atomic E-state index is 0. The lowest BCUT2D eigenvalue weighted by atomic mass is 10.2. The molecule has 0 aliphatic rings. The summed E-state index contributed by atoms with van der Waals surface area (Å²) in [7, 11) is 0. The van der Waals surface area contributed by atoms with Crippen LogP contribution < -0.4 is 0 Å². The van der Waals surface area contributed by atoms with E-state index in [0.717, 1.165) is 12.0 Å². The summed E-state index contributed by atoms with van der Waals surface area (Å²) in [5.41, 5.74) is 1.16. The number of thiocarbonyl (C=S) groups is 1. The zero-order valence-corrected chi connectivity index (χ0v) is 9.16. The van der Waals surface area contributed by atoms with Crippen LogP contribution in [0.1, 0.15) is 18.9 Å². The number of rotatable bonds is 3. The van der Waals surface area contributed by atoms with Gasteiger partial charge in [-0.15, -0.1) is 12.4 Å². The van der Waals surface area contributed by atoms with Crippen molar-refractivity contribution in [1.29, 1.82) is 0 Å². The molecule has 3 heteroatoms. The van der Waals surface area contributed by atoms with Crippen molar-refractivity contribution < 1.29 is 4.74 Å². The van der Waals surface area contributed by atoms with E-state index in [-0.39, 0.29) is 12.4 Å². The number of hydrogen-bond acceptors (Lipinski definition) is 2. The minimum absolute atomic E-state index is 0. The van der Waals surface area contributed by atoms with Gasteiger partial charge in [0.1, 0.15) is 6.61 Å². The number of benzene rings is 1. The second-order valence-electron chi connectivity index (χ2n) is 2.50. The summed E-state index contributed by atoms with van der Waals surface area (Å²) in [4.78, 5) is 0. The Bertz CT molecular complexity index is 248. The third-order valence-electron chi connectivity index (χ3n) is 1.53. The average Bonchev–Trinajstić information content (AvgIpc) is 2.16. The Morgan fingerprint density at radius 1 is 1.31 bits per heavy atom. The molecule has 0 fully saturated rings. The van der Waals surface area contributed by atoms with Gasteiger partial charge in [0.25, 0.3) is 0 Å². The lowest BCUT2D eigenvalue weighted by molar-refractivity contribution is 0.294. The first-order chi connectivity index (χ1) is 5.83. The highest BCUT2D eigenvalue weighted by atomic mass is 35.5. The van der Waals surface area contributed by atoms with Crippen LogP contribution in [0.5, 0.6) is 0 Å². The van der Waals surface area contributed by atoms with Crippen LogP contribution in [0.25, 0.3) is 0 Å². The highest BCUT2D eigenvalue weighted by Crippen LogP contribution is 2.01. The van der Waals surface area contributed by atoms with Crippen LogP contribution in [0, 0.1) is 0 Å². The van der Waals surface area contributed by atoms with E-state index in [9.17, 15) is 0 Å². The first-order valence-corrected chi connectivity index (χ1v) is 4.43. The summed E-state index contributed by atoms with van der Waals surface area (Å²) < 4.78 is 5.31. The van der Waals surface area contributed by atoms with Crippen molar-refractivity contribution in [3.8, 4) is 0 Å². The molecule has 0 spiro atoms. The Morgan fingerprint density at radius 3 is 2.46 bits per heavy atom. The molecule has 1 nitrogen and oxygen atoms in total. The first kappa shape index (κ1) is 12.4. The predicted molar refractivity (Wildman–Crippen MR) is 61.4 cm³/mol. The number of ether oxygens (including phenoxy) is 1. The SMILES string of the molecule is CCC(=S)OCc1ccccc1.Cl. The van der Waals surface area contributed by atoms with E-state index < -0.39 is 0 Å². The van der Waals surface area contributed by atoms with E-state index in [0.29, 0.717) is 11.7 Å². The monoisotopic (exact) mass is 216 g/mol. The smallest absolute Gasteiger partial charge is 0.159 e. The van der Waals surface area contributed by atoms with Gasteiger partial charge in [-0.3, -0.25) is 0 Å². The largest absolute Gasteiger partial charge is 0.482 e. The molecule has 0 bridgehead atoms. The maximum Gasteiger partial charge on any atom is 0.159 e. The van der Waals surface area contributed by atoms with Gasteiger partial charge in [0.2, 0.25) is 0 Å². The number of halogens is 1. The van der Waals surface area contributed by atoms with E-state index in [4.69, 9.17) is 17.0 Å². The fourth-order valence-electron chi connectivity index (χ4n) is 0.840. The molecule has 1 aromatic rings. The van der Waals surface area contributed by atoms with Crippen molar-refractivity contribution in [2.24, 2.45) is 0 Å². The molecule has 0 unspecified atom stereocenters. The van der Waals surface area contributed by atoms with E-state index in [1.54, 1.807) is 0 Å². The van der Waals surface area contributed by atoms with Gasteiger partial charge in [-0.2, -0.15) is 0 Å². The number of hydrogen-bond donors (Lipinski definition) is 0. The predicted octanol–water partition coefficient (Wildman–Crippen LogP) is 3.36. The molecular formula is C10H13ClOS. The molecule has 1 aromatic carbocycles. The molecule has 72 valence electrons. The molecule has 0 amide bonds. The highest BCUT2D eigenvalue weighted by Gasteiger charge is 1.94. The van der Waals surface area contributed by atoms with E-state index in [1.807, 2.05) is 37.3 Å².